The van der Waals surface area contributed by atoms with Crippen molar-refractivity contribution in [3.63, 3.8) is 0 Å². The minimum Gasteiger partial charge on any atom is -0.473 e. The maximum absolute atomic E-state index is 9.10. The number of carboxylic acids is 2. The number of rotatable bonds is 1. The van der Waals surface area contributed by atoms with Gasteiger partial charge in [-0.05, 0) is 40.3 Å². The van der Waals surface area contributed by atoms with E-state index in [0.717, 1.165) is 11.5 Å². The van der Waals surface area contributed by atoms with E-state index in [-0.39, 0.29) is 0 Å². The van der Waals surface area contributed by atoms with Crippen LogP contribution in [0.2, 0.25) is 0 Å². The molecule has 0 aromatic carbocycles. The second kappa shape index (κ2) is 6.33. The molecule has 7 heteroatoms. The van der Waals surface area contributed by atoms with Crippen LogP contribution in [0, 0.1) is 13.8 Å². The summed E-state index contributed by atoms with van der Waals surface area (Å²) in [6.45, 7) is 5.26. The Morgan fingerprint density at radius 1 is 1.32 bits per heavy atom. The average Bonchev–Trinajstić information content (AvgIpc) is 2.88. The molecule has 1 aliphatic rings. The Bertz CT molecular complexity index is 457. The Hall–Kier alpha value is -1.89. The highest BCUT2D eigenvalue weighted by Gasteiger charge is 2.27. The van der Waals surface area contributed by atoms with Crippen molar-refractivity contribution >= 4 is 11.9 Å². The fourth-order valence-electron chi connectivity index (χ4n) is 1.99. The quantitative estimate of drug-likeness (QED) is 0.739. The number of nitrogens with zero attached hydrogens (tertiary/aromatic N) is 2. The highest BCUT2D eigenvalue weighted by molar-refractivity contribution is 6.27. The molecular formula is C12H18N2O5. The first kappa shape index (κ1) is 15.2. The number of hydrogen-bond donors (Lipinski definition) is 2. The van der Waals surface area contributed by atoms with Crippen LogP contribution in [0.25, 0.3) is 0 Å². The minimum atomic E-state index is -1.82. The van der Waals surface area contributed by atoms with E-state index in [2.05, 4.69) is 24.0 Å². The van der Waals surface area contributed by atoms with Gasteiger partial charge in [-0.25, -0.2) is 9.59 Å². The SMILES string of the molecule is Cc1noc(C2CCCN2C)c1C.O=C(O)C(=O)O. The van der Waals surface area contributed by atoms with Gasteiger partial charge in [-0.3, -0.25) is 4.90 Å². The van der Waals surface area contributed by atoms with Crippen molar-refractivity contribution in [1.82, 2.24) is 10.1 Å². The van der Waals surface area contributed by atoms with Crippen LogP contribution in [0.4, 0.5) is 0 Å². The van der Waals surface area contributed by atoms with E-state index in [1.807, 2.05) is 6.92 Å². The van der Waals surface area contributed by atoms with E-state index < -0.39 is 11.9 Å². The molecule has 2 rings (SSSR count). The zero-order valence-corrected chi connectivity index (χ0v) is 11.2. The Balaban J connectivity index is 0.000000258. The summed E-state index contributed by atoms with van der Waals surface area (Å²) < 4.78 is 5.36. The molecule has 1 saturated heterocycles. The number of aryl methyl sites for hydroxylation is 1. The smallest absolute Gasteiger partial charge is 0.414 e. The Morgan fingerprint density at radius 2 is 1.89 bits per heavy atom. The van der Waals surface area contributed by atoms with E-state index in [1.54, 1.807) is 0 Å². The summed E-state index contributed by atoms with van der Waals surface area (Å²) in [4.78, 5) is 20.5. The molecule has 0 amide bonds. The zero-order valence-electron chi connectivity index (χ0n) is 11.2. The van der Waals surface area contributed by atoms with E-state index in [9.17, 15) is 0 Å². The fraction of sp³-hybridized carbons (Fsp3) is 0.583. The number of aromatic nitrogens is 1. The van der Waals surface area contributed by atoms with Crippen molar-refractivity contribution in [3.05, 3.63) is 17.0 Å². The third-order valence-electron chi connectivity index (χ3n) is 3.20. The molecule has 0 saturated carbocycles. The predicted octanol–water partition coefficient (Wildman–Crippen LogP) is 1.21. The largest absolute Gasteiger partial charge is 0.473 e. The number of carbonyl (C=O) groups is 2. The van der Waals surface area contributed by atoms with E-state index >= 15 is 0 Å². The number of likely N-dealkylation sites (tertiary alicyclic amines) is 1. The lowest BCUT2D eigenvalue weighted by atomic mass is 10.1. The first-order chi connectivity index (χ1) is 8.84. The predicted molar refractivity (Wildman–Crippen MR) is 65.9 cm³/mol. The summed E-state index contributed by atoms with van der Waals surface area (Å²) in [5.74, 6) is -2.58. The molecule has 1 unspecified atom stereocenters. The van der Waals surface area contributed by atoms with Crippen molar-refractivity contribution in [2.45, 2.75) is 32.7 Å². The van der Waals surface area contributed by atoms with Crippen LogP contribution in [0.3, 0.4) is 0 Å². The fourth-order valence-corrected chi connectivity index (χ4v) is 1.99. The van der Waals surface area contributed by atoms with Crippen LogP contribution in [-0.4, -0.2) is 45.8 Å². The topological polar surface area (TPSA) is 104 Å². The van der Waals surface area contributed by atoms with E-state index in [4.69, 9.17) is 24.3 Å². The lowest BCUT2D eigenvalue weighted by Gasteiger charge is -2.16. The van der Waals surface area contributed by atoms with E-state index in [1.165, 1.54) is 24.9 Å². The second-order valence-electron chi connectivity index (χ2n) is 4.51. The van der Waals surface area contributed by atoms with Gasteiger partial charge in [-0.15, -0.1) is 0 Å². The molecule has 2 heterocycles. The molecule has 106 valence electrons. The monoisotopic (exact) mass is 270 g/mol. The maximum Gasteiger partial charge on any atom is 0.414 e. The van der Waals surface area contributed by atoms with Crippen LogP contribution >= 0.6 is 0 Å². The van der Waals surface area contributed by atoms with Crippen molar-refractivity contribution in [2.75, 3.05) is 13.6 Å². The molecule has 1 aliphatic heterocycles. The van der Waals surface area contributed by atoms with Gasteiger partial charge in [0.1, 0.15) is 0 Å². The minimum absolute atomic E-state index is 0.459. The van der Waals surface area contributed by atoms with Crippen LogP contribution < -0.4 is 0 Å². The first-order valence-corrected chi connectivity index (χ1v) is 5.93. The van der Waals surface area contributed by atoms with Crippen LogP contribution in [0.5, 0.6) is 0 Å². The molecule has 0 spiro atoms. The van der Waals surface area contributed by atoms with Gasteiger partial charge in [0.25, 0.3) is 0 Å². The highest BCUT2D eigenvalue weighted by atomic mass is 16.5. The Kier molecular flexibility index (Phi) is 5.05. The normalized spacial score (nSPS) is 18.8. The van der Waals surface area contributed by atoms with Gasteiger partial charge in [0.15, 0.2) is 5.76 Å². The summed E-state index contributed by atoms with van der Waals surface area (Å²) in [7, 11) is 2.15. The molecule has 1 aromatic heterocycles. The zero-order chi connectivity index (χ0) is 14.6. The third-order valence-corrected chi connectivity index (χ3v) is 3.20. The molecule has 1 aromatic rings. The number of hydrogen-bond acceptors (Lipinski definition) is 5. The molecule has 0 bridgehead atoms. The number of carboxylic acid groups (broad SMARTS) is 2. The average molecular weight is 270 g/mol. The van der Waals surface area contributed by atoms with Crippen LogP contribution in [0.1, 0.15) is 35.9 Å². The Morgan fingerprint density at radius 3 is 2.21 bits per heavy atom. The van der Waals surface area contributed by atoms with Crippen LogP contribution in [-0.2, 0) is 9.59 Å². The lowest BCUT2D eigenvalue weighted by molar-refractivity contribution is -0.159. The van der Waals surface area contributed by atoms with Crippen molar-refractivity contribution < 1.29 is 24.3 Å². The molecule has 1 fully saturated rings. The van der Waals surface area contributed by atoms with Crippen molar-refractivity contribution in [1.29, 1.82) is 0 Å². The maximum atomic E-state index is 9.10. The highest BCUT2D eigenvalue weighted by Crippen LogP contribution is 2.32. The van der Waals surface area contributed by atoms with Gasteiger partial charge >= 0.3 is 11.9 Å². The van der Waals surface area contributed by atoms with Gasteiger partial charge in [0.05, 0.1) is 11.7 Å². The van der Waals surface area contributed by atoms with E-state index in [0.29, 0.717) is 6.04 Å². The summed E-state index contributed by atoms with van der Waals surface area (Å²) in [5.41, 5.74) is 2.24. The van der Waals surface area contributed by atoms with Crippen molar-refractivity contribution in [2.24, 2.45) is 0 Å². The summed E-state index contributed by atoms with van der Waals surface area (Å²) in [6.07, 6.45) is 2.46. The molecule has 19 heavy (non-hydrogen) atoms. The van der Waals surface area contributed by atoms with Crippen molar-refractivity contribution in [3.8, 4) is 0 Å². The second-order valence-corrected chi connectivity index (χ2v) is 4.51. The molecule has 0 aliphatic carbocycles. The molecule has 2 N–H and O–H groups in total. The summed E-state index contributed by atoms with van der Waals surface area (Å²) in [6, 6.07) is 0.459. The van der Waals surface area contributed by atoms with Gasteiger partial charge in [-0.2, -0.15) is 0 Å². The lowest BCUT2D eigenvalue weighted by Crippen LogP contribution is -2.17. The van der Waals surface area contributed by atoms with Gasteiger partial charge in [0, 0.05) is 5.56 Å². The molecule has 1 atom stereocenters. The van der Waals surface area contributed by atoms with Crippen LogP contribution in [0.15, 0.2) is 4.52 Å². The standard InChI is InChI=1S/C10H16N2O.C2H2O4/c1-7-8(2)11-13-10(7)9-5-4-6-12(9)3;3-1(4)2(5)6/h9H,4-6H2,1-3H3;(H,3,4)(H,5,6). The summed E-state index contributed by atoms with van der Waals surface area (Å²) in [5, 5.41) is 18.8. The van der Waals surface area contributed by atoms with Gasteiger partial charge < -0.3 is 14.7 Å². The molecular weight excluding hydrogens is 252 g/mol. The van der Waals surface area contributed by atoms with Gasteiger partial charge in [0.2, 0.25) is 0 Å². The van der Waals surface area contributed by atoms with Gasteiger partial charge in [-0.1, -0.05) is 5.16 Å². The number of aliphatic carboxylic acids is 2. The molecule has 0 radical (unpaired) electrons. The molecule has 7 nitrogen and oxygen atoms in total. The Labute approximate surface area is 110 Å². The first-order valence-electron chi connectivity index (χ1n) is 5.93. The summed E-state index contributed by atoms with van der Waals surface area (Å²) >= 11 is 0. The third kappa shape index (κ3) is 3.78.